The lowest BCUT2D eigenvalue weighted by molar-refractivity contribution is -0.137. The summed E-state index contributed by atoms with van der Waals surface area (Å²) in [5.41, 5.74) is 2.46. The minimum absolute atomic E-state index is 0.0683. The molecule has 0 unspecified atom stereocenters. The molecule has 2 N–H and O–H groups in total. The summed E-state index contributed by atoms with van der Waals surface area (Å²) in [6.45, 7) is 9.63. The van der Waals surface area contributed by atoms with Gasteiger partial charge in [0.1, 0.15) is 0 Å². The Balaban J connectivity index is 1.61. The fraction of sp³-hybridized carbons (Fsp3) is 0.391. The number of aromatic amines is 1. The van der Waals surface area contributed by atoms with Gasteiger partial charge in [0.2, 0.25) is 0 Å². The molecule has 2 aliphatic rings. The van der Waals surface area contributed by atoms with E-state index in [0.29, 0.717) is 35.6 Å². The van der Waals surface area contributed by atoms with Crippen LogP contribution in [-0.2, 0) is 17.5 Å². The summed E-state index contributed by atoms with van der Waals surface area (Å²) in [5.74, 6) is -0.540. The number of anilines is 1. The van der Waals surface area contributed by atoms with Gasteiger partial charge in [-0.3, -0.25) is 9.59 Å². The summed E-state index contributed by atoms with van der Waals surface area (Å²) in [6, 6.07) is 3.18. The van der Waals surface area contributed by atoms with E-state index in [-0.39, 0.29) is 17.0 Å². The van der Waals surface area contributed by atoms with Gasteiger partial charge in [-0.25, -0.2) is 0 Å². The number of carbonyl (C=O) groups is 2. The highest BCUT2D eigenvalue weighted by Gasteiger charge is 2.35. The predicted octanol–water partition coefficient (Wildman–Crippen LogP) is 4.13. The van der Waals surface area contributed by atoms with Crippen LogP contribution >= 0.6 is 0 Å². The van der Waals surface area contributed by atoms with Crippen molar-refractivity contribution in [1.29, 1.82) is 0 Å². The predicted molar refractivity (Wildman–Crippen MR) is 116 cm³/mol. The number of benzene rings is 1. The van der Waals surface area contributed by atoms with Crippen LogP contribution in [0.25, 0.3) is 11.6 Å². The minimum Gasteiger partial charge on any atom is -0.357 e. The SMILES string of the molecule is CCN(CC)CCN1Cc2[nH]c(/C=C3\C(=O)Nc4ccc(C(F)(F)F)cc43)c(C)c2C1=O. The maximum absolute atomic E-state index is 13.1. The number of rotatable bonds is 6. The monoisotopic (exact) mass is 446 g/mol. The molecule has 0 saturated carbocycles. The summed E-state index contributed by atoms with van der Waals surface area (Å²) in [4.78, 5) is 32.6. The van der Waals surface area contributed by atoms with E-state index in [4.69, 9.17) is 0 Å². The number of nitrogens with one attached hydrogen (secondary N) is 2. The number of halogens is 3. The van der Waals surface area contributed by atoms with Crippen molar-refractivity contribution in [3.63, 3.8) is 0 Å². The van der Waals surface area contributed by atoms with Crippen LogP contribution in [0.15, 0.2) is 18.2 Å². The Morgan fingerprint density at radius 1 is 1.19 bits per heavy atom. The quantitative estimate of drug-likeness (QED) is 0.656. The smallest absolute Gasteiger partial charge is 0.357 e. The van der Waals surface area contributed by atoms with Crippen LogP contribution in [0.1, 0.15) is 52.3 Å². The normalized spacial score (nSPS) is 16.8. The van der Waals surface area contributed by atoms with Gasteiger partial charge >= 0.3 is 6.18 Å². The van der Waals surface area contributed by atoms with Gasteiger partial charge in [0, 0.05) is 35.7 Å². The van der Waals surface area contributed by atoms with Crippen molar-refractivity contribution in [2.45, 2.75) is 33.5 Å². The minimum atomic E-state index is -4.50. The lowest BCUT2D eigenvalue weighted by atomic mass is 10.0. The van der Waals surface area contributed by atoms with Gasteiger partial charge in [-0.2, -0.15) is 13.2 Å². The summed E-state index contributed by atoms with van der Waals surface area (Å²) in [5, 5.41) is 2.60. The van der Waals surface area contributed by atoms with Gasteiger partial charge in [0.05, 0.1) is 23.2 Å². The molecular formula is C23H25F3N4O2. The maximum Gasteiger partial charge on any atom is 0.416 e. The average molecular weight is 446 g/mol. The Labute approximate surface area is 184 Å². The zero-order chi connectivity index (χ0) is 23.2. The van der Waals surface area contributed by atoms with Crippen LogP contribution in [0.4, 0.5) is 18.9 Å². The molecule has 9 heteroatoms. The van der Waals surface area contributed by atoms with E-state index in [1.54, 1.807) is 11.8 Å². The van der Waals surface area contributed by atoms with Gasteiger partial charge in [-0.15, -0.1) is 0 Å². The van der Waals surface area contributed by atoms with Gasteiger partial charge in [-0.1, -0.05) is 13.8 Å². The van der Waals surface area contributed by atoms with E-state index in [9.17, 15) is 22.8 Å². The fourth-order valence-electron chi connectivity index (χ4n) is 4.29. The molecule has 2 aliphatic heterocycles. The highest BCUT2D eigenvalue weighted by molar-refractivity contribution is 6.35. The molecule has 4 rings (SSSR count). The molecule has 32 heavy (non-hydrogen) atoms. The van der Waals surface area contributed by atoms with Gasteiger partial charge < -0.3 is 20.1 Å². The average Bonchev–Trinajstić information content (AvgIpc) is 3.33. The van der Waals surface area contributed by atoms with Crippen molar-refractivity contribution in [3.05, 3.63) is 51.8 Å². The summed E-state index contributed by atoms with van der Waals surface area (Å²) >= 11 is 0. The Morgan fingerprint density at radius 2 is 1.91 bits per heavy atom. The lowest BCUT2D eigenvalue weighted by Gasteiger charge is -2.22. The lowest BCUT2D eigenvalue weighted by Crippen LogP contribution is -2.35. The van der Waals surface area contributed by atoms with Crippen LogP contribution in [0, 0.1) is 6.92 Å². The molecule has 0 atom stereocenters. The number of hydrogen-bond donors (Lipinski definition) is 2. The van der Waals surface area contributed by atoms with Crippen LogP contribution in [0.3, 0.4) is 0 Å². The summed E-state index contributed by atoms with van der Waals surface area (Å²) < 4.78 is 39.4. The first kappa shape index (κ1) is 22.1. The van der Waals surface area contributed by atoms with E-state index in [2.05, 4.69) is 29.0 Å². The fourth-order valence-corrected chi connectivity index (χ4v) is 4.29. The third-order valence-corrected chi connectivity index (χ3v) is 6.22. The zero-order valence-electron chi connectivity index (χ0n) is 18.2. The Kier molecular flexibility index (Phi) is 5.62. The molecule has 0 fully saturated rings. The molecule has 0 saturated heterocycles. The standard InChI is InChI=1S/C23H25F3N4O2/c1-4-29(5-2)8-9-30-12-19-20(22(30)32)13(3)18(27-19)11-16-15-10-14(23(24,25)26)6-7-17(15)28-21(16)31/h6-7,10-11,27H,4-5,8-9,12H2,1-3H3,(H,28,31)/b16-11-. The molecule has 0 radical (unpaired) electrons. The number of likely N-dealkylation sites (N-methyl/N-ethyl adjacent to an activating group) is 1. The van der Waals surface area contributed by atoms with Crippen molar-refractivity contribution in [2.75, 3.05) is 31.5 Å². The number of carbonyl (C=O) groups excluding carboxylic acids is 2. The van der Waals surface area contributed by atoms with Gasteiger partial charge in [0.15, 0.2) is 0 Å². The molecule has 1 aromatic heterocycles. The van der Waals surface area contributed by atoms with Crippen molar-refractivity contribution in [3.8, 4) is 0 Å². The molecule has 3 heterocycles. The second-order valence-electron chi connectivity index (χ2n) is 8.04. The number of alkyl halides is 3. The third kappa shape index (κ3) is 3.81. The van der Waals surface area contributed by atoms with Crippen LogP contribution in [-0.4, -0.2) is 52.8 Å². The molecule has 6 nitrogen and oxygen atoms in total. The highest BCUT2D eigenvalue weighted by atomic mass is 19.4. The Hall–Kier alpha value is -3.07. The molecule has 2 amide bonds. The maximum atomic E-state index is 13.1. The Morgan fingerprint density at radius 3 is 2.53 bits per heavy atom. The molecule has 170 valence electrons. The number of H-pyrrole nitrogens is 1. The topological polar surface area (TPSA) is 68.4 Å². The summed E-state index contributed by atoms with van der Waals surface area (Å²) in [7, 11) is 0. The van der Waals surface area contributed by atoms with E-state index in [1.165, 1.54) is 12.1 Å². The van der Waals surface area contributed by atoms with Crippen molar-refractivity contribution < 1.29 is 22.8 Å². The third-order valence-electron chi connectivity index (χ3n) is 6.22. The first-order valence-corrected chi connectivity index (χ1v) is 10.6. The van der Waals surface area contributed by atoms with E-state index in [0.717, 1.165) is 37.5 Å². The van der Waals surface area contributed by atoms with E-state index >= 15 is 0 Å². The first-order valence-electron chi connectivity index (χ1n) is 10.6. The van der Waals surface area contributed by atoms with Crippen LogP contribution in [0.5, 0.6) is 0 Å². The second-order valence-corrected chi connectivity index (χ2v) is 8.04. The molecule has 0 bridgehead atoms. The first-order chi connectivity index (χ1) is 15.1. The molecule has 0 aliphatic carbocycles. The summed E-state index contributed by atoms with van der Waals surface area (Å²) in [6.07, 6.45) is -2.97. The van der Waals surface area contributed by atoms with Crippen LogP contribution in [0.2, 0.25) is 0 Å². The number of amides is 2. The second kappa shape index (κ2) is 8.12. The molecular weight excluding hydrogens is 421 g/mol. The number of nitrogens with zero attached hydrogens (tertiary/aromatic N) is 2. The number of aromatic nitrogens is 1. The van der Waals surface area contributed by atoms with Crippen molar-refractivity contribution >= 4 is 29.2 Å². The molecule has 1 aromatic carbocycles. The zero-order valence-corrected chi connectivity index (χ0v) is 18.2. The van der Waals surface area contributed by atoms with Gasteiger partial charge in [-0.05, 0) is 49.9 Å². The van der Waals surface area contributed by atoms with Crippen molar-refractivity contribution in [2.24, 2.45) is 0 Å². The Bertz CT molecular complexity index is 1110. The van der Waals surface area contributed by atoms with Crippen LogP contribution < -0.4 is 5.32 Å². The van der Waals surface area contributed by atoms with Gasteiger partial charge in [0.25, 0.3) is 11.8 Å². The number of hydrogen-bond acceptors (Lipinski definition) is 3. The van der Waals surface area contributed by atoms with E-state index in [1.807, 2.05) is 0 Å². The highest BCUT2D eigenvalue weighted by Crippen LogP contribution is 2.39. The molecule has 2 aromatic rings. The van der Waals surface area contributed by atoms with Crippen molar-refractivity contribution in [1.82, 2.24) is 14.8 Å². The molecule has 0 spiro atoms. The number of fused-ring (bicyclic) bond motifs is 2. The largest absolute Gasteiger partial charge is 0.416 e. The van der Waals surface area contributed by atoms with E-state index < -0.39 is 17.6 Å².